The number of hydrogen-bond acceptors (Lipinski definition) is 9. The molecule has 0 aliphatic carbocycles. The third kappa shape index (κ3) is 10.2. The van der Waals surface area contributed by atoms with Gasteiger partial charge in [0.1, 0.15) is 23.9 Å². The first-order chi connectivity index (χ1) is 24.4. The van der Waals surface area contributed by atoms with Crippen molar-refractivity contribution in [3.05, 3.63) is 94.7 Å². The highest BCUT2D eigenvalue weighted by Crippen LogP contribution is 2.33. The molecule has 1 unspecified atom stereocenters. The Morgan fingerprint density at radius 1 is 1.04 bits per heavy atom. The molecule has 0 spiro atoms. The lowest BCUT2D eigenvalue weighted by Crippen LogP contribution is -2.49. The van der Waals surface area contributed by atoms with Crippen LogP contribution in [0.25, 0.3) is 11.1 Å². The molecular weight excluding hydrogens is 670 g/mol. The molecule has 0 radical (unpaired) electrons. The van der Waals surface area contributed by atoms with E-state index in [2.05, 4.69) is 48.1 Å². The number of phenolic OH excluding ortho intramolecular Hbond substituents is 1. The summed E-state index contributed by atoms with van der Waals surface area (Å²) >= 11 is 1.24. The Kier molecular flexibility index (Phi) is 12.6. The molecule has 1 atom stereocenters. The second-order valence-electron chi connectivity index (χ2n) is 14.0. The molecule has 1 aliphatic heterocycles. The fourth-order valence-electron chi connectivity index (χ4n) is 6.05. The number of ether oxygens (including phenoxy) is 1. The highest BCUT2D eigenvalue weighted by atomic mass is 32.1. The second kappa shape index (κ2) is 17.0. The highest BCUT2D eigenvalue weighted by Gasteiger charge is 2.30. The number of aromatic nitrogens is 1. The Morgan fingerprint density at radius 2 is 1.76 bits per heavy atom. The number of thiazole rings is 1. The minimum atomic E-state index is -1.08. The van der Waals surface area contributed by atoms with Gasteiger partial charge in [-0.3, -0.25) is 19.3 Å². The van der Waals surface area contributed by atoms with Crippen LogP contribution in [0.15, 0.2) is 72.2 Å². The first-order valence-corrected chi connectivity index (χ1v) is 18.0. The lowest BCUT2D eigenvalue weighted by atomic mass is 9.93. The SMILES string of the molecule is CN(Cc1ccc(-c2ccc(N3CCN(C(=O)CCOCCC(C)(C)C)CC3)cc2)cc1C=O)C(C(=O)Nc1nccs1)c1cc(F)ccc1O. The van der Waals surface area contributed by atoms with Crippen molar-refractivity contribution in [3.8, 4) is 16.9 Å². The van der Waals surface area contributed by atoms with Gasteiger partial charge < -0.3 is 25.0 Å². The van der Waals surface area contributed by atoms with Gasteiger partial charge in [0.05, 0.1) is 13.0 Å². The topological polar surface area (TPSA) is 115 Å². The van der Waals surface area contributed by atoms with E-state index in [9.17, 15) is 23.9 Å². The number of halogens is 1. The van der Waals surface area contributed by atoms with Gasteiger partial charge in [0.15, 0.2) is 5.13 Å². The van der Waals surface area contributed by atoms with Crippen LogP contribution in [0, 0.1) is 11.2 Å². The highest BCUT2D eigenvalue weighted by molar-refractivity contribution is 7.13. The van der Waals surface area contributed by atoms with Gasteiger partial charge in [0.25, 0.3) is 0 Å². The van der Waals surface area contributed by atoms with Crippen LogP contribution in [-0.2, 0) is 20.9 Å². The number of phenols is 1. The van der Waals surface area contributed by atoms with E-state index in [-0.39, 0.29) is 29.2 Å². The Morgan fingerprint density at radius 3 is 2.43 bits per heavy atom. The van der Waals surface area contributed by atoms with Crippen LogP contribution >= 0.6 is 11.3 Å². The van der Waals surface area contributed by atoms with Gasteiger partial charge in [-0.05, 0) is 72.0 Å². The summed E-state index contributed by atoms with van der Waals surface area (Å²) in [6.45, 7) is 10.6. The molecule has 4 aromatic rings. The third-order valence-corrected chi connectivity index (χ3v) is 9.67. The molecule has 1 fully saturated rings. The van der Waals surface area contributed by atoms with E-state index in [4.69, 9.17) is 4.74 Å². The van der Waals surface area contributed by atoms with Gasteiger partial charge in [-0.1, -0.05) is 45.0 Å². The van der Waals surface area contributed by atoms with Crippen LogP contribution in [0.1, 0.15) is 61.1 Å². The number of likely N-dealkylation sites (N-methyl/N-ethyl adjacent to an activating group) is 1. The molecule has 0 saturated carbocycles. The van der Waals surface area contributed by atoms with Crippen molar-refractivity contribution < 1.29 is 28.6 Å². The monoisotopic (exact) mass is 715 g/mol. The molecule has 2 N–H and O–H groups in total. The summed E-state index contributed by atoms with van der Waals surface area (Å²) in [5.74, 6) is -1.18. The van der Waals surface area contributed by atoms with Crippen LogP contribution in [0.3, 0.4) is 0 Å². The maximum Gasteiger partial charge on any atom is 0.248 e. The first kappa shape index (κ1) is 37.6. The lowest BCUT2D eigenvalue weighted by Gasteiger charge is -2.36. The molecule has 0 bridgehead atoms. The summed E-state index contributed by atoms with van der Waals surface area (Å²) in [7, 11) is 1.68. The maximum absolute atomic E-state index is 14.3. The molecule has 2 heterocycles. The summed E-state index contributed by atoms with van der Waals surface area (Å²) in [5, 5.41) is 15.4. The summed E-state index contributed by atoms with van der Waals surface area (Å²) in [6.07, 6.45) is 3.70. The number of nitrogens with zero attached hydrogens (tertiary/aromatic N) is 4. The molecule has 1 aliphatic rings. The molecule has 12 heteroatoms. The zero-order chi connectivity index (χ0) is 36.5. The van der Waals surface area contributed by atoms with E-state index in [1.165, 1.54) is 17.4 Å². The summed E-state index contributed by atoms with van der Waals surface area (Å²) in [5.41, 5.74) is 4.29. The normalized spacial score (nSPS) is 14.1. The van der Waals surface area contributed by atoms with Crippen molar-refractivity contribution in [2.45, 2.75) is 46.2 Å². The van der Waals surface area contributed by atoms with E-state index in [1.54, 1.807) is 23.5 Å². The van der Waals surface area contributed by atoms with Crippen LogP contribution in [0.4, 0.5) is 15.2 Å². The first-order valence-electron chi connectivity index (χ1n) is 17.1. The summed E-state index contributed by atoms with van der Waals surface area (Å²) in [4.78, 5) is 48.4. The number of hydrogen-bond donors (Lipinski definition) is 2. The van der Waals surface area contributed by atoms with Crippen LogP contribution in [-0.4, -0.2) is 84.4 Å². The van der Waals surface area contributed by atoms with Gasteiger partial charge >= 0.3 is 0 Å². The van der Waals surface area contributed by atoms with Crippen molar-refractivity contribution in [2.24, 2.45) is 5.41 Å². The molecule has 10 nitrogen and oxygen atoms in total. The van der Waals surface area contributed by atoms with Gasteiger partial charge in [0.2, 0.25) is 11.8 Å². The fraction of sp³-hybridized carbons (Fsp3) is 0.385. The number of aldehydes is 1. The summed E-state index contributed by atoms with van der Waals surface area (Å²) in [6, 6.07) is 16.1. The third-order valence-electron chi connectivity index (χ3n) is 8.98. The molecule has 51 heavy (non-hydrogen) atoms. The lowest BCUT2D eigenvalue weighted by molar-refractivity contribution is -0.132. The number of carbonyl (C=O) groups excluding carboxylic acids is 3. The molecule has 1 aromatic heterocycles. The number of piperazine rings is 1. The smallest absolute Gasteiger partial charge is 0.248 e. The van der Waals surface area contributed by atoms with Crippen LogP contribution < -0.4 is 10.2 Å². The van der Waals surface area contributed by atoms with Gasteiger partial charge in [-0.2, -0.15) is 0 Å². The number of anilines is 2. The Balaban J connectivity index is 1.21. The maximum atomic E-state index is 14.3. The number of nitrogens with one attached hydrogen (secondary N) is 1. The Bertz CT molecular complexity index is 1790. The predicted molar refractivity (Wildman–Crippen MR) is 199 cm³/mol. The van der Waals surface area contributed by atoms with Crippen molar-refractivity contribution in [2.75, 3.05) is 56.7 Å². The second-order valence-corrected chi connectivity index (χ2v) is 14.9. The van der Waals surface area contributed by atoms with Gasteiger partial charge in [0, 0.05) is 67.7 Å². The molecule has 1 saturated heterocycles. The van der Waals surface area contributed by atoms with Gasteiger partial charge in [-0.15, -0.1) is 11.3 Å². The number of carbonyl (C=O) groups is 3. The van der Waals surface area contributed by atoms with E-state index in [0.717, 1.165) is 54.7 Å². The molecule has 5 rings (SSSR count). The van der Waals surface area contributed by atoms with E-state index >= 15 is 0 Å². The fourth-order valence-corrected chi connectivity index (χ4v) is 6.58. The van der Waals surface area contributed by atoms with E-state index in [1.807, 2.05) is 35.2 Å². The van der Waals surface area contributed by atoms with Crippen LogP contribution in [0.2, 0.25) is 0 Å². The average Bonchev–Trinajstić information content (AvgIpc) is 3.62. The van der Waals surface area contributed by atoms with Crippen molar-refractivity contribution in [1.82, 2.24) is 14.8 Å². The molecule has 3 aromatic carbocycles. The number of rotatable bonds is 14. The van der Waals surface area contributed by atoms with Crippen molar-refractivity contribution in [1.29, 1.82) is 0 Å². The minimum Gasteiger partial charge on any atom is -0.508 e. The zero-order valence-corrected chi connectivity index (χ0v) is 30.4. The van der Waals surface area contributed by atoms with Crippen LogP contribution in [0.5, 0.6) is 5.75 Å². The standard InChI is InChI=1S/C39H46FN5O5S/c1-39(2,3)14-21-50-20-13-35(48)45-18-16-44(17-19-45)32-10-7-27(8-11-32)28-5-6-29(30(23-28)26-46)25-43(4)36(33-24-31(40)9-12-34(33)47)37(49)42-38-41-15-22-51-38/h5-12,15,22-24,26,36,47H,13-14,16-21,25H2,1-4H3,(H,41,42,49). The Hall–Kier alpha value is -4.65. The largest absolute Gasteiger partial charge is 0.508 e. The number of aromatic hydroxyl groups is 1. The Labute approximate surface area is 302 Å². The molecule has 2 amide bonds. The van der Waals surface area contributed by atoms with E-state index in [0.29, 0.717) is 49.0 Å². The zero-order valence-electron chi connectivity index (χ0n) is 29.6. The van der Waals surface area contributed by atoms with Crippen molar-refractivity contribution in [3.63, 3.8) is 0 Å². The summed E-state index contributed by atoms with van der Waals surface area (Å²) < 4.78 is 20.0. The quantitative estimate of drug-likeness (QED) is 0.109. The number of benzene rings is 3. The molecule has 270 valence electrons. The van der Waals surface area contributed by atoms with Crippen molar-refractivity contribution >= 4 is 40.3 Å². The predicted octanol–water partition coefficient (Wildman–Crippen LogP) is 6.77. The van der Waals surface area contributed by atoms with E-state index < -0.39 is 17.8 Å². The van der Waals surface area contributed by atoms with Gasteiger partial charge in [-0.25, -0.2) is 9.37 Å². The molecular formula is C39H46FN5O5S. The minimum absolute atomic E-state index is 0.0978. The number of amides is 2. The average molecular weight is 716 g/mol.